The molecular formula is C21H20BN2+. The summed E-state index contributed by atoms with van der Waals surface area (Å²) in [6.07, 6.45) is 2.16. The van der Waals surface area contributed by atoms with Gasteiger partial charge in [0.05, 0.1) is 13.2 Å². The van der Waals surface area contributed by atoms with Crippen LogP contribution in [0.5, 0.6) is 0 Å². The van der Waals surface area contributed by atoms with Crippen LogP contribution in [0.25, 0.3) is 11.1 Å². The maximum Gasteiger partial charge on any atom is 0.421 e. The predicted octanol–water partition coefficient (Wildman–Crippen LogP) is 3.49. The van der Waals surface area contributed by atoms with Gasteiger partial charge < -0.3 is 0 Å². The second-order valence-corrected chi connectivity index (χ2v) is 7.06. The molecule has 0 fully saturated rings. The van der Waals surface area contributed by atoms with Gasteiger partial charge in [0, 0.05) is 16.9 Å². The molecule has 0 saturated carbocycles. The Balaban J connectivity index is 1.92. The maximum atomic E-state index is 2.58. The van der Waals surface area contributed by atoms with Crippen molar-refractivity contribution in [1.82, 2.24) is 0 Å². The smallest absolute Gasteiger partial charge is 0.285 e. The van der Waals surface area contributed by atoms with E-state index in [4.69, 9.17) is 0 Å². The number of fused-ring (bicyclic) bond motifs is 8. The quantitative estimate of drug-likeness (QED) is 0.455. The molecule has 0 saturated heterocycles. The van der Waals surface area contributed by atoms with E-state index in [1.165, 1.54) is 39.2 Å². The molecule has 0 amide bonds. The Labute approximate surface area is 143 Å². The molecule has 116 valence electrons. The van der Waals surface area contributed by atoms with Crippen LogP contribution in [0.1, 0.15) is 23.9 Å². The van der Waals surface area contributed by atoms with E-state index in [-0.39, 0.29) is 0 Å². The largest absolute Gasteiger partial charge is 0.421 e. The van der Waals surface area contributed by atoms with Gasteiger partial charge in [0.1, 0.15) is 5.69 Å². The van der Waals surface area contributed by atoms with Crippen molar-refractivity contribution in [2.75, 3.05) is 4.81 Å². The molecule has 2 aromatic carbocycles. The Bertz CT molecular complexity index is 979. The Morgan fingerprint density at radius 2 is 1.75 bits per heavy atom. The summed E-state index contributed by atoms with van der Waals surface area (Å²) in [5.74, 6) is 1.81. The number of pyridine rings is 1. The van der Waals surface area contributed by atoms with Gasteiger partial charge in [0.2, 0.25) is 0 Å². The van der Waals surface area contributed by atoms with Crippen molar-refractivity contribution < 1.29 is 4.57 Å². The number of hydrogen-bond acceptors (Lipinski definition) is 1. The Kier molecular flexibility index (Phi) is 2.73. The van der Waals surface area contributed by atoms with Crippen molar-refractivity contribution in [1.29, 1.82) is 0 Å². The molecule has 3 heterocycles. The summed E-state index contributed by atoms with van der Waals surface area (Å²) in [6.45, 7) is 4.97. The normalized spacial score (nSPS) is 17.2. The topological polar surface area (TPSA) is 7.12 Å². The van der Waals surface area contributed by atoms with Crippen LogP contribution in [0.3, 0.4) is 0 Å². The van der Waals surface area contributed by atoms with E-state index in [1.807, 2.05) is 0 Å². The Morgan fingerprint density at radius 1 is 0.958 bits per heavy atom. The molecule has 2 aliphatic heterocycles. The molecule has 3 heteroatoms. The molecule has 0 N–H and O–H groups in total. The van der Waals surface area contributed by atoms with E-state index in [0.29, 0.717) is 12.7 Å². The first kappa shape index (κ1) is 13.9. The van der Waals surface area contributed by atoms with Gasteiger partial charge in [-0.15, -0.1) is 0 Å². The van der Waals surface area contributed by atoms with E-state index in [1.54, 1.807) is 0 Å². The number of benzene rings is 2. The molecule has 0 aliphatic carbocycles. The maximum absolute atomic E-state index is 2.58. The van der Waals surface area contributed by atoms with Gasteiger partial charge in [0.25, 0.3) is 5.82 Å². The lowest BCUT2D eigenvalue weighted by atomic mass is 9.44. The summed E-state index contributed by atoms with van der Waals surface area (Å²) < 4.78 is 2.27. The molecule has 5 rings (SSSR count). The summed E-state index contributed by atoms with van der Waals surface area (Å²) in [5, 5.41) is 0. The van der Waals surface area contributed by atoms with Crippen LogP contribution in [0.15, 0.2) is 60.8 Å². The van der Waals surface area contributed by atoms with Crippen LogP contribution in [0, 0.1) is 6.92 Å². The van der Waals surface area contributed by atoms with E-state index >= 15 is 0 Å². The SMILES string of the molecule is Cc1cccc2c1N1B(c3ccccc3-2)C(C)c2ccc[n+](C)c21. The highest BCUT2D eigenvalue weighted by atomic mass is 15.2. The lowest BCUT2D eigenvalue weighted by molar-refractivity contribution is -0.658. The van der Waals surface area contributed by atoms with Gasteiger partial charge in [-0.1, -0.05) is 49.4 Å². The van der Waals surface area contributed by atoms with E-state index in [9.17, 15) is 0 Å². The zero-order chi connectivity index (χ0) is 16.4. The van der Waals surface area contributed by atoms with Crippen LogP contribution < -0.4 is 14.8 Å². The standard InChI is InChI=1S/C21H20BN2/c1-14-8-6-10-18-17-9-4-5-12-19(17)22-15(2)16-11-7-13-23(3)21(16)24(22)20(14)18/h4-13,15H,1-3H3/q+1. The number of aromatic nitrogens is 1. The Hall–Kier alpha value is -2.55. The second kappa shape index (κ2) is 4.73. The molecular weight excluding hydrogens is 291 g/mol. The molecule has 3 aromatic rings. The fourth-order valence-electron chi connectivity index (χ4n) is 4.66. The van der Waals surface area contributed by atoms with Crippen LogP contribution >= 0.6 is 0 Å². The summed E-state index contributed by atoms with van der Waals surface area (Å²) in [5.41, 5.74) is 8.34. The highest BCUT2D eigenvalue weighted by Crippen LogP contribution is 2.48. The van der Waals surface area contributed by atoms with Gasteiger partial charge in [-0.25, -0.2) is 4.57 Å². The summed E-state index contributed by atoms with van der Waals surface area (Å²) in [7, 11) is 2.16. The molecule has 24 heavy (non-hydrogen) atoms. The summed E-state index contributed by atoms with van der Waals surface area (Å²) in [6, 6.07) is 20.1. The number of anilines is 2. The molecule has 2 nitrogen and oxygen atoms in total. The third kappa shape index (κ3) is 1.59. The van der Waals surface area contributed by atoms with Crippen LogP contribution in [-0.4, -0.2) is 6.85 Å². The fraction of sp³-hybridized carbons (Fsp3) is 0.190. The van der Waals surface area contributed by atoms with E-state index < -0.39 is 0 Å². The van der Waals surface area contributed by atoms with Crippen molar-refractivity contribution in [2.45, 2.75) is 19.7 Å². The lowest BCUT2D eigenvalue weighted by Crippen LogP contribution is -2.51. The van der Waals surface area contributed by atoms with Crippen molar-refractivity contribution >= 4 is 23.8 Å². The molecule has 0 bridgehead atoms. The molecule has 1 unspecified atom stereocenters. The molecule has 0 spiro atoms. The van der Waals surface area contributed by atoms with Gasteiger partial charge >= 0.3 is 6.85 Å². The van der Waals surface area contributed by atoms with E-state index in [2.05, 4.69) is 91.1 Å². The number of hydrogen-bond donors (Lipinski definition) is 0. The van der Waals surface area contributed by atoms with E-state index in [0.717, 1.165) is 0 Å². The lowest BCUT2D eigenvalue weighted by Gasteiger charge is -2.30. The van der Waals surface area contributed by atoms with Crippen molar-refractivity contribution in [2.24, 2.45) is 7.05 Å². The number of para-hydroxylation sites is 1. The minimum absolute atomic E-state index is 0.374. The number of nitrogens with zero attached hydrogens (tertiary/aromatic N) is 2. The molecule has 0 radical (unpaired) electrons. The Morgan fingerprint density at radius 3 is 2.62 bits per heavy atom. The summed E-state index contributed by atoms with van der Waals surface area (Å²) in [4.78, 5) is 2.58. The van der Waals surface area contributed by atoms with Crippen molar-refractivity contribution in [3.05, 3.63) is 71.9 Å². The number of aryl methyl sites for hydroxylation is 2. The highest BCUT2D eigenvalue weighted by Gasteiger charge is 2.54. The van der Waals surface area contributed by atoms with Gasteiger partial charge in [0.15, 0.2) is 0 Å². The first-order valence-electron chi connectivity index (χ1n) is 8.65. The first-order valence-corrected chi connectivity index (χ1v) is 8.65. The second-order valence-electron chi connectivity index (χ2n) is 7.06. The third-order valence-corrected chi connectivity index (χ3v) is 5.70. The third-order valence-electron chi connectivity index (χ3n) is 5.70. The minimum atomic E-state index is 0.374. The zero-order valence-electron chi connectivity index (χ0n) is 14.3. The highest BCUT2D eigenvalue weighted by molar-refractivity contribution is 6.82. The minimum Gasteiger partial charge on any atom is -0.285 e. The monoisotopic (exact) mass is 311 g/mol. The van der Waals surface area contributed by atoms with Crippen LogP contribution in [-0.2, 0) is 7.05 Å². The van der Waals surface area contributed by atoms with Crippen molar-refractivity contribution in [3.8, 4) is 11.1 Å². The van der Waals surface area contributed by atoms with Crippen LogP contribution in [0.2, 0.25) is 0 Å². The molecule has 2 aliphatic rings. The molecule has 1 aromatic heterocycles. The first-order chi connectivity index (χ1) is 11.7. The van der Waals surface area contributed by atoms with Crippen molar-refractivity contribution in [3.63, 3.8) is 0 Å². The zero-order valence-corrected chi connectivity index (χ0v) is 14.3. The predicted molar refractivity (Wildman–Crippen MR) is 100 cm³/mol. The fourth-order valence-corrected chi connectivity index (χ4v) is 4.66. The van der Waals surface area contributed by atoms with Gasteiger partial charge in [-0.05, 0) is 35.6 Å². The average molecular weight is 311 g/mol. The van der Waals surface area contributed by atoms with Crippen LogP contribution in [0.4, 0.5) is 11.5 Å². The number of rotatable bonds is 0. The molecule has 1 atom stereocenters. The average Bonchev–Trinajstić information content (AvgIpc) is 2.90. The van der Waals surface area contributed by atoms with Gasteiger partial charge in [-0.3, -0.25) is 4.81 Å². The summed E-state index contributed by atoms with van der Waals surface area (Å²) >= 11 is 0. The van der Waals surface area contributed by atoms with Gasteiger partial charge in [-0.2, -0.15) is 0 Å².